The molecular formula is C24H40O4Si. The van der Waals surface area contributed by atoms with E-state index in [0.29, 0.717) is 18.4 Å². The second-order valence-electron chi connectivity index (χ2n) is 10.1. The number of ketones is 1. The predicted octanol–water partition coefficient (Wildman–Crippen LogP) is 6.76. The highest BCUT2D eigenvalue weighted by molar-refractivity contribution is 6.74. The number of hydrogen-bond acceptors (Lipinski definition) is 4. The van der Waals surface area contributed by atoms with Gasteiger partial charge in [0.2, 0.25) is 0 Å². The van der Waals surface area contributed by atoms with Gasteiger partial charge in [0.25, 0.3) is 0 Å². The van der Waals surface area contributed by atoms with Gasteiger partial charge in [0.1, 0.15) is 11.5 Å². The Morgan fingerprint density at radius 1 is 1.07 bits per heavy atom. The van der Waals surface area contributed by atoms with Gasteiger partial charge in [-0.3, -0.25) is 4.79 Å². The van der Waals surface area contributed by atoms with E-state index in [9.17, 15) is 15.0 Å². The number of aromatic hydroxyl groups is 2. The van der Waals surface area contributed by atoms with Crippen LogP contribution in [0.15, 0.2) is 23.8 Å². The van der Waals surface area contributed by atoms with Crippen molar-refractivity contribution in [2.45, 2.75) is 97.9 Å². The van der Waals surface area contributed by atoms with Crippen LogP contribution in [0.2, 0.25) is 18.1 Å². The largest absolute Gasteiger partial charge is 0.508 e. The minimum absolute atomic E-state index is 0.0199. The molecule has 0 unspecified atom stereocenters. The summed E-state index contributed by atoms with van der Waals surface area (Å²) in [4.78, 5) is 11.8. The zero-order chi connectivity index (χ0) is 22.6. The second-order valence-corrected chi connectivity index (χ2v) is 14.9. The van der Waals surface area contributed by atoms with Crippen molar-refractivity contribution in [1.82, 2.24) is 0 Å². The van der Waals surface area contributed by atoms with Crippen LogP contribution in [0.4, 0.5) is 0 Å². The van der Waals surface area contributed by atoms with Crippen LogP contribution in [0.25, 0.3) is 0 Å². The van der Waals surface area contributed by atoms with Gasteiger partial charge in [-0.15, -0.1) is 0 Å². The molecule has 0 aromatic heterocycles. The van der Waals surface area contributed by atoms with E-state index in [1.54, 1.807) is 0 Å². The maximum atomic E-state index is 11.8. The number of phenols is 2. The van der Waals surface area contributed by atoms with E-state index in [2.05, 4.69) is 60.7 Å². The highest BCUT2D eigenvalue weighted by atomic mass is 28.4. The second kappa shape index (κ2) is 9.48. The lowest BCUT2D eigenvalue weighted by atomic mass is 9.90. The third kappa shape index (κ3) is 7.00. The summed E-state index contributed by atoms with van der Waals surface area (Å²) in [5.74, 6) is -0.310. The minimum Gasteiger partial charge on any atom is -0.508 e. The van der Waals surface area contributed by atoms with Gasteiger partial charge in [0.15, 0.2) is 14.1 Å². The Morgan fingerprint density at radius 2 is 1.66 bits per heavy atom. The Morgan fingerprint density at radius 3 is 2.14 bits per heavy atom. The molecule has 0 radical (unpaired) electrons. The lowest BCUT2D eigenvalue weighted by molar-refractivity contribution is 0.0550. The highest BCUT2D eigenvalue weighted by Crippen LogP contribution is 2.42. The van der Waals surface area contributed by atoms with Crippen molar-refractivity contribution in [2.24, 2.45) is 0 Å². The monoisotopic (exact) mass is 420 g/mol. The van der Waals surface area contributed by atoms with Gasteiger partial charge in [-0.05, 0) is 83.6 Å². The molecule has 1 atom stereocenters. The van der Waals surface area contributed by atoms with Gasteiger partial charge in [-0.1, -0.05) is 32.4 Å². The van der Waals surface area contributed by atoms with Crippen molar-refractivity contribution in [3.05, 3.63) is 34.9 Å². The van der Waals surface area contributed by atoms with Crippen molar-refractivity contribution in [2.75, 3.05) is 0 Å². The number of hydrogen-bond donors (Lipinski definition) is 2. The summed E-state index contributed by atoms with van der Waals surface area (Å²) in [6.07, 6.45) is 5.09. The molecule has 1 aromatic rings. The maximum absolute atomic E-state index is 11.8. The number of Topliss-reactive ketones (excluding diaryl/α,β-unsaturated/α-hetero) is 1. The standard InChI is InChI=1S/C24H40O4Si/c1-17(2)11-10-15-24(7,28-29(8,9)23(4,5)6)16-14-20-21(26)13-12-19(18(3)25)22(20)27/h11-13,26-27H,10,14-16H2,1-9H3/t24-/m0/s1. The Labute approximate surface area is 178 Å². The number of carbonyl (C=O) groups excluding carboxylic acids is 1. The summed E-state index contributed by atoms with van der Waals surface area (Å²) in [6, 6.07) is 2.96. The van der Waals surface area contributed by atoms with Crippen LogP contribution in [0.3, 0.4) is 0 Å². The summed E-state index contributed by atoms with van der Waals surface area (Å²) in [5, 5.41) is 20.9. The summed E-state index contributed by atoms with van der Waals surface area (Å²) in [5.41, 5.74) is 1.56. The van der Waals surface area contributed by atoms with Gasteiger partial charge < -0.3 is 14.6 Å². The Balaban J connectivity index is 3.17. The third-order valence-corrected chi connectivity index (χ3v) is 10.7. The van der Waals surface area contributed by atoms with E-state index in [-0.39, 0.29) is 33.5 Å². The molecular weight excluding hydrogens is 380 g/mol. The molecule has 0 aliphatic carbocycles. The zero-order valence-electron chi connectivity index (χ0n) is 19.8. The van der Waals surface area contributed by atoms with Crippen LogP contribution >= 0.6 is 0 Å². The van der Waals surface area contributed by atoms with E-state index in [0.717, 1.165) is 12.8 Å². The Hall–Kier alpha value is -1.59. The fourth-order valence-electron chi connectivity index (χ4n) is 3.21. The molecule has 4 nitrogen and oxygen atoms in total. The number of phenolic OH excluding ortho intramolecular Hbond substituents is 2. The van der Waals surface area contributed by atoms with Gasteiger partial charge in [0.05, 0.1) is 11.2 Å². The van der Waals surface area contributed by atoms with E-state index in [1.165, 1.54) is 24.6 Å². The van der Waals surface area contributed by atoms with Gasteiger partial charge >= 0.3 is 0 Å². The van der Waals surface area contributed by atoms with Crippen LogP contribution in [0.1, 0.15) is 83.7 Å². The van der Waals surface area contributed by atoms with Crippen LogP contribution < -0.4 is 0 Å². The molecule has 1 rings (SSSR count). The van der Waals surface area contributed by atoms with Crippen molar-refractivity contribution < 1.29 is 19.4 Å². The lowest BCUT2D eigenvalue weighted by Gasteiger charge is -2.44. The summed E-state index contributed by atoms with van der Waals surface area (Å²) in [6.45, 7) is 18.9. The molecule has 0 spiro atoms. The quantitative estimate of drug-likeness (QED) is 0.263. The fourth-order valence-corrected chi connectivity index (χ4v) is 4.95. The fraction of sp³-hybridized carbons (Fsp3) is 0.625. The van der Waals surface area contributed by atoms with Crippen molar-refractivity contribution >= 4 is 14.1 Å². The smallest absolute Gasteiger partial charge is 0.192 e. The average Bonchev–Trinajstić information content (AvgIpc) is 2.52. The first-order valence-corrected chi connectivity index (χ1v) is 13.4. The van der Waals surface area contributed by atoms with Gasteiger partial charge in [0, 0.05) is 5.56 Å². The third-order valence-electron chi connectivity index (χ3n) is 6.07. The summed E-state index contributed by atoms with van der Waals surface area (Å²) >= 11 is 0. The first-order chi connectivity index (χ1) is 13.1. The lowest BCUT2D eigenvalue weighted by Crippen LogP contribution is -2.48. The van der Waals surface area contributed by atoms with Crippen molar-refractivity contribution in [3.63, 3.8) is 0 Å². The predicted molar refractivity (Wildman–Crippen MR) is 123 cm³/mol. The number of benzene rings is 1. The van der Waals surface area contributed by atoms with E-state index < -0.39 is 8.32 Å². The van der Waals surface area contributed by atoms with Crippen LogP contribution in [-0.4, -0.2) is 29.9 Å². The van der Waals surface area contributed by atoms with E-state index >= 15 is 0 Å². The molecule has 0 saturated carbocycles. The normalized spacial score (nSPS) is 14.4. The molecule has 1 aromatic carbocycles. The summed E-state index contributed by atoms with van der Waals surface area (Å²) < 4.78 is 6.83. The number of carbonyl (C=O) groups is 1. The molecule has 0 heterocycles. The number of allylic oxidation sites excluding steroid dienone is 2. The highest BCUT2D eigenvalue weighted by Gasteiger charge is 2.42. The van der Waals surface area contributed by atoms with Crippen molar-refractivity contribution in [3.8, 4) is 11.5 Å². The maximum Gasteiger partial charge on any atom is 0.192 e. The SMILES string of the molecule is CC(=O)c1ccc(O)c(CC[C@](C)(CCC=C(C)C)O[Si](C)(C)C(C)(C)C)c1O. The average molecular weight is 421 g/mol. The molecule has 5 heteroatoms. The molecule has 0 amide bonds. The molecule has 29 heavy (non-hydrogen) atoms. The van der Waals surface area contributed by atoms with Crippen LogP contribution in [0, 0.1) is 0 Å². The molecule has 0 aliphatic rings. The minimum atomic E-state index is -2.01. The first kappa shape index (κ1) is 25.4. The number of rotatable bonds is 9. The van der Waals surface area contributed by atoms with E-state index in [1.807, 2.05) is 0 Å². The van der Waals surface area contributed by atoms with E-state index in [4.69, 9.17) is 4.43 Å². The molecule has 0 aliphatic heterocycles. The first-order valence-electron chi connectivity index (χ1n) is 10.5. The van der Waals surface area contributed by atoms with Crippen LogP contribution in [0.5, 0.6) is 11.5 Å². The van der Waals surface area contributed by atoms with Gasteiger partial charge in [-0.2, -0.15) is 0 Å². The Bertz CT molecular complexity index is 755. The Kier molecular flexibility index (Phi) is 8.32. The summed E-state index contributed by atoms with van der Waals surface area (Å²) in [7, 11) is -2.01. The molecule has 0 bridgehead atoms. The molecule has 164 valence electrons. The van der Waals surface area contributed by atoms with Crippen molar-refractivity contribution in [1.29, 1.82) is 0 Å². The molecule has 0 saturated heterocycles. The van der Waals surface area contributed by atoms with Gasteiger partial charge in [-0.25, -0.2) is 0 Å². The molecule has 0 fully saturated rings. The topological polar surface area (TPSA) is 66.8 Å². The zero-order valence-corrected chi connectivity index (χ0v) is 20.8. The van der Waals surface area contributed by atoms with Crippen LogP contribution in [-0.2, 0) is 10.8 Å². The molecule has 2 N–H and O–H groups in total.